The molecule has 0 saturated carbocycles. The molecule has 0 radical (unpaired) electrons. The quantitative estimate of drug-likeness (QED) is 0.760. The lowest BCUT2D eigenvalue weighted by Crippen LogP contribution is -2.59. The van der Waals surface area contributed by atoms with E-state index in [1.54, 1.807) is 19.5 Å². The molecule has 22 heavy (non-hydrogen) atoms. The van der Waals surface area contributed by atoms with Gasteiger partial charge in [-0.2, -0.15) is 0 Å². The molecule has 1 aromatic rings. The van der Waals surface area contributed by atoms with Gasteiger partial charge in [0.15, 0.2) is 9.84 Å². The average Bonchev–Trinajstić information content (AvgIpc) is 2.83. The molecule has 2 saturated heterocycles. The number of nitrogens with zero attached hydrogens (tertiary/aromatic N) is 3. The summed E-state index contributed by atoms with van der Waals surface area (Å²) in [5.41, 5.74) is 1.18. The molecule has 1 aromatic heterocycles. The van der Waals surface area contributed by atoms with Crippen LogP contribution < -0.4 is 0 Å². The van der Waals surface area contributed by atoms with Gasteiger partial charge in [-0.15, -0.1) is 0 Å². The van der Waals surface area contributed by atoms with Crippen molar-refractivity contribution >= 4 is 9.84 Å². The fraction of sp³-hybridized carbons (Fsp3) is 0.667. The Hall–Kier alpha value is -1.02. The van der Waals surface area contributed by atoms with E-state index in [1.807, 2.05) is 12.1 Å². The molecule has 0 bridgehead atoms. The standard InChI is InChI=1S/C15H23N3O3S/c1-21-9-8-17-6-7-18(10-13-2-4-16-5-3-13)15-12-22(19,20)11-14(15)17/h2-5,14-15H,6-12H2,1H3/t14-,15+/m0/s1. The zero-order chi connectivity index (χ0) is 15.6. The molecule has 122 valence electrons. The van der Waals surface area contributed by atoms with Crippen LogP contribution in [0.2, 0.25) is 0 Å². The van der Waals surface area contributed by atoms with Crippen LogP contribution >= 0.6 is 0 Å². The van der Waals surface area contributed by atoms with Gasteiger partial charge in [0.2, 0.25) is 0 Å². The minimum absolute atomic E-state index is 0.0868. The van der Waals surface area contributed by atoms with Crippen LogP contribution in [-0.2, 0) is 21.1 Å². The van der Waals surface area contributed by atoms with Crippen molar-refractivity contribution in [2.24, 2.45) is 0 Å². The Labute approximate surface area is 132 Å². The number of pyridine rings is 1. The Balaban J connectivity index is 1.74. The van der Waals surface area contributed by atoms with Crippen molar-refractivity contribution in [3.8, 4) is 0 Å². The Kier molecular flexibility index (Phi) is 4.77. The second-order valence-corrected chi connectivity index (χ2v) is 8.22. The van der Waals surface area contributed by atoms with E-state index in [1.165, 1.54) is 5.56 Å². The molecule has 0 aromatic carbocycles. The first kappa shape index (κ1) is 15.9. The fourth-order valence-electron chi connectivity index (χ4n) is 3.50. The maximum atomic E-state index is 12.1. The molecule has 2 aliphatic heterocycles. The predicted molar refractivity (Wildman–Crippen MR) is 84.3 cm³/mol. The van der Waals surface area contributed by atoms with Crippen LogP contribution in [0.3, 0.4) is 0 Å². The van der Waals surface area contributed by atoms with Gasteiger partial charge in [-0.1, -0.05) is 0 Å². The van der Waals surface area contributed by atoms with E-state index in [2.05, 4.69) is 14.8 Å². The zero-order valence-electron chi connectivity index (χ0n) is 12.9. The maximum absolute atomic E-state index is 12.1. The number of sulfone groups is 1. The third kappa shape index (κ3) is 3.48. The molecule has 6 nitrogen and oxygen atoms in total. The van der Waals surface area contributed by atoms with Crippen molar-refractivity contribution in [1.29, 1.82) is 0 Å². The lowest BCUT2D eigenvalue weighted by atomic mass is 10.0. The highest BCUT2D eigenvalue weighted by molar-refractivity contribution is 7.91. The maximum Gasteiger partial charge on any atom is 0.153 e. The van der Waals surface area contributed by atoms with Crippen LogP contribution in [0.15, 0.2) is 24.5 Å². The van der Waals surface area contributed by atoms with Gasteiger partial charge in [0.25, 0.3) is 0 Å². The highest BCUT2D eigenvalue weighted by Crippen LogP contribution is 2.27. The number of hydrogen-bond acceptors (Lipinski definition) is 6. The molecular formula is C15H23N3O3S. The van der Waals surface area contributed by atoms with Crippen LogP contribution in [0.4, 0.5) is 0 Å². The summed E-state index contributed by atoms with van der Waals surface area (Å²) in [6.07, 6.45) is 3.57. The van der Waals surface area contributed by atoms with Gasteiger partial charge in [0.1, 0.15) is 0 Å². The van der Waals surface area contributed by atoms with Gasteiger partial charge in [0.05, 0.1) is 18.1 Å². The van der Waals surface area contributed by atoms with E-state index in [0.717, 1.165) is 26.2 Å². The van der Waals surface area contributed by atoms with E-state index in [4.69, 9.17) is 4.74 Å². The Bertz CT molecular complexity index is 593. The number of rotatable bonds is 5. The minimum Gasteiger partial charge on any atom is -0.383 e. The molecule has 2 atom stereocenters. The van der Waals surface area contributed by atoms with Crippen molar-refractivity contribution in [3.05, 3.63) is 30.1 Å². The average molecular weight is 325 g/mol. The third-order valence-corrected chi connectivity index (χ3v) is 6.32. The lowest BCUT2D eigenvalue weighted by Gasteiger charge is -2.43. The van der Waals surface area contributed by atoms with Crippen LogP contribution in [-0.4, -0.2) is 80.1 Å². The molecule has 0 aliphatic carbocycles. The summed E-state index contributed by atoms with van der Waals surface area (Å²) < 4.78 is 29.4. The summed E-state index contributed by atoms with van der Waals surface area (Å²) in [6.45, 7) is 4.02. The number of hydrogen-bond donors (Lipinski definition) is 0. The predicted octanol–water partition coefficient (Wildman–Crippen LogP) is 0.0112. The van der Waals surface area contributed by atoms with Gasteiger partial charge < -0.3 is 4.74 Å². The van der Waals surface area contributed by atoms with E-state index >= 15 is 0 Å². The van der Waals surface area contributed by atoms with Crippen molar-refractivity contribution in [2.45, 2.75) is 18.6 Å². The monoisotopic (exact) mass is 325 g/mol. The number of fused-ring (bicyclic) bond motifs is 1. The van der Waals surface area contributed by atoms with E-state index in [-0.39, 0.29) is 23.6 Å². The normalized spacial score (nSPS) is 28.6. The summed E-state index contributed by atoms with van der Waals surface area (Å²) in [5, 5.41) is 0. The molecule has 2 aliphatic rings. The van der Waals surface area contributed by atoms with E-state index in [9.17, 15) is 8.42 Å². The van der Waals surface area contributed by atoms with Gasteiger partial charge >= 0.3 is 0 Å². The topological polar surface area (TPSA) is 62.7 Å². The van der Waals surface area contributed by atoms with Gasteiger partial charge in [-0.25, -0.2) is 8.42 Å². The molecule has 2 fully saturated rings. The molecule has 7 heteroatoms. The molecule has 0 amide bonds. The van der Waals surface area contributed by atoms with Crippen molar-refractivity contribution in [1.82, 2.24) is 14.8 Å². The van der Waals surface area contributed by atoms with Crippen LogP contribution in [0, 0.1) is 0 Å². The first-order valence-corrected chi connectivity index (χ1v) is 9.47. The minimum atomic E-state index is -2.95. The van der Waals surface area contributed by atoms with Crippen molar-refractivity contribution in [2.75, 3.05) is 44.9 Å². The Morgan fingerprint density at radius 1 is 1.18 bits per heavy atom. The molecule has 0 spiro atoms. The van der Waals surface area contributed by atoms with E-state index in [0.29, 0.717) is 6.61 Å². The number of methoxy groups -OCH3 is 1. The smallest absolute Gasteiger partial charge is 0.153 e. The molecule has 3 rings (SSSR count). The summed E-state index contributed by atoms with van der Waals surface area (Å²) >= 11 is 0. The number of piperazine rings is 1. The summed E-state index contributed by atoms with van der Waals surface area (Å²) in [4.78, 5) is 8.63. The highest BCUT2D eigenvalue weighted by Gasteiger charge is 2.46. The van der Waals surface area contributed by atoms with Crippen LogP contribution in [0.5, 0.6) is 0 Å². The van der Waals surface area contributed by atoms with Crippen LogP contribution in [0.1, 0.15) is 5.56 Å². The van der Waals surface area contributed by atoms with Gasteiger partial charge in [-0.3, -0.25) is 14.8 Å². The largest absolute Gasteiger partial charge is 0.383 e. The number of aromatic nitrogens is 1. The summed E-state index contributed by atoms with van der Waals surface area (Å²) in [7, 11) is -1.27. The number of ether oxygens (including phenoxy) is 1. The SMILES string of the molecule is COCCN1CCN(Cc2ccncc2)[C@@H]2CS(=O)(=O)C[C@@H]21. The Morgan fingerprint density at radius 3 is 2.50 bits per heavy atom. The Morgan fingerprint density at radius 2 is 1.82 bits per heavy atom. The summed E-state index contributed by atoms with van der Waals surface area (Å²) in [5.74, 6) is 0.542. The van der Waals surface area contributed by atoms with E-state index < -0.39 is 9.84 Å². The molecule has 3 heterocycles. The molecule has 0 N–H and O–H groups in total. The fourth-order valence-corrected chi connectivity index (χ4v) is 5.54. The summed E-state index contributed by atoms with van der Waals surface area (Å²) in [6, 6.07) is 4.17. The first-order chi connectivity index (χ1) is 10.6. The first-order valence-electron chi connectivity index (χ1n) is 7.65. The third-order valence-electron chi connectivity index (χ3n) is 4.62. The van der Waals surface area contributed by atoms with Crippen molar-refractivity contribution < 1.29 is 13.2 Å². The highest BCUT2D eigenvalue weighted by atomic mass is 32.2. The zero-order valence-corrected chi connectivity index (χ0v) is 13.7. The van der Waals surface area contributed by atoms with Gasteiger partial charge in [0, 0.05) is 57.8 Å². The molecular weight excluding hydrogens is 302 g/mol. The lowest BCUT2D eigenvalue weighted by molar-refractivity contribution is 0.0252. The van der Waals surface area contributed by atoms with Crippen LogP contribution in [0.25, 0.3) is 0 Å². The van der Waals surface area contributed by atoms with Gasteiger partial charge in [-0.05, 0) is 17.7 Å². The van der Waals surface area contributed by atoms with Crippen molar-refractivity contribution in [3.63, 3.8) is 0 Å². The second kappa shape index (κ2) is 6.62. The second-order valence-electron chi connectivity index (χ2n) is 6.07. The molecule has 0 unspecified atom stereocenters.